The molecule has 0 saturated carbocycles. The van der Waals surface area contributed by atoms with Gasteiger partial charge in [-0.25, -0.2) is 4.79 Å². The molecule has 2 N–H and O–H groups in total. The number of benzene rings is 2. The van der Waals surface area contributed by atoms with E-state index in [1.807, 2.05) is 12.1 Å². The highest BCUT2D eigenvalue weighted by molar-refractivity contribution is 5.87. The van der Waals surface area contributed by atoms with Crippen molar-refractivity contribution in [3.05, 3.63) is 64.7 Å². The smallest absolute Gasteiger partial charge is 0.335 e. The SMILES string of the molecule is CC(C)(C)c1ccc2c(c1)C1OCCCC1C(c1ccc(C(=O)O)cc1)N2. The molecule has 4 nitrogen and oxygen atoms in total. The van der Waals surface area contributed by atoms with Crippen LogP contribution in [0.25, 0.3) is 0 Å². The topological polar surface area (TPSA) is 58.6 Å². The lowest BCUT2D eigenvalue weighted by Gasteiger charge is -2.44. The predicted molar refractivity (Wildman–Crippen MR) is 106 cm³/mol. The number of fused-ring (bicyclic) bond motifs is 3. The van der Waals surface area contributed by atoms with Gasteiger partial charge in [0.2, 0.25) is 0 Å². The van der Waals surface area contributed by atoms with E-state index in [0.717, 1.165) is 30.7 Å². The van der Waals surface area contributed by atoms with Gasteiger partial charge >= 0.3 is 5.97 Å². The van der Waals surface area contributed by atoms with Gasteiger partial charge in [-0.2, -0.15) is 0 Å². The molecule has 0 aliphatic carbocycles. The maximum atomic E-state index is 11.2. The average molecular weight is 365 g/mol. The van der Waals surface area contributed by atoms with Crippen LogP contribution in [0.4, 0.5) is 5.69 Å². The highest BCUT2D eigenvalue weighted by Gasteiger charge is 2.40. The Morgan fingerprint density at radius 3 is 2.56 bits per heavy atom. The molecule has 142 valence electrons. The van der Waals surface area contributed by atoms with E-state index in [1.165, 1.54) is 11.1 Å². The van der Waals surface area contributed by atoms with Crippen LogP contribution >= 0.6 is 0 Å². The van der Waals surface area contributed by atoms with E-state index in [4.69, 9.17) is 9.84 Å². The highest BCUT2D eigenvalue weighted by Crippen LogP contribution is 2.49. The quantitative estimate of drug-likeness (QED) is 0.756. The van der Waals surface area contributed by atoms with Crippen LogP contribution in [0.2, 0.25) is 0 Å². The molecule has 1 fully saturated rings. The number of rotatable bonds is 2. The van der Waals surface area contributed by atoms with Crippen LogP contribution < -0.4 is 5.32 Å². The number of carboxylic acid groups (broad SMARTS) is 1. The standard InChI is InChI=1S/C23H27NO3/c1-23(2,3)16-10-11-19-18(13-16)21-17(5-4-12-27-21)20(24-19)14-6-8-15(9-7-14)22(25)26/h6-11,13,17,20-21,24H,4-5,12H2,1-3H3,(H,25,26). The minimum Gasteiger partial charge on any atom is -0.478 e. The molecular weight excluding hydrogens is 338 g/mol. The summed E-state index contributed by atoms with van der Waals surface area (Å²) in [5.41, 5.74) is 5.24. The largest absolute Gasteiger partial charge is 0.478 e. The Hall–Kier alpha value is -2.33. The predicted octanol–water partition coefficient (Wildman–Crippen LogP) is 5.32. The van der Waals surface area contributed by atoms with Crippen molar-refractivity contribution in [2.75, 3.05) is 11.9 Å². The molecule has 4 rings (SSSR count). The lowest BCUT2D eigenvalue weighted by atomic mass is 9.76. The van der Waals surface area contributed by atoms with Gasteiger partial charge in [-0.3, -0.25) is 0 Å². The van der Waals surface area contributed by atoms with Crippen LogP contribution in [0.5, 0.6) is 0 Å². The van der Waals surface area contributed by atoms with Crippen LogP contribution in [0.3, 0.4) is 0 Å². The molecule has 2 heterocycles. The monoisotopic (exact) mass is 365 g/mol. The fourth-order valence-corrected chi connectivity index (χ4v) is 4.30. The van der Waals surface area contributed by atoms with Crippen molar-refractivity contribution in [1.29, 1.82) is 0 Å². The van der Waals surface area contributed by atoms with Gasteiger partial charge in [-0.05, 0) is 47.6 Å². The normalized spacial score (nSPS) is 24.5. The molecule has 0 bridgehead atoms. The third-order valence-electron chi connectivity index (χ3n) is 5.85. The van der Waals surface area contributed by atoms with E-state index >= 15 is 0 Å². The summed E-state index contributed by atoms with van der Waals surface area (Å²) in [5.74, 6) is -0.547. The zero-order chi connectivity index (χ0) is 19.2. The van der Waals surface area contributed by atoms with Gasteiger partial charge < -0.3 is 15.2 Å². The summed E-state index contributed by atoms with van der Waals surface area (Å²) in [6, 6.07) is 14.0. The zero-order valence-corrected chi connectivity index (χ0v) is 16.2. The fraction of sp³-hybridized carbons (Fsp3) is 0.435. The molecule has 0 radical (unpaired) electrons. The fourth-order valence-electron chi connectivity index (χ4n) is 4.30. The van der Waals surface area contributed by atoms with Gasteiger partial charge in [0.05, 0.1) is 17.7 Å². The zero-order valence-electron chi connectivity index (χ0n) is 16.2. The van der Waals surface area contributed by atoms with Gasteiger partial charge in [-0.1, -0.05) is 45.0 Å². The first-order valence-electron chi connectivity index (χ1n) is 9.70. The van der Waals surface area contributed by atoms with Gasteiger partial charge in [0, 0.05) is 23.8 Å². The minimum atomic E-state index is -0.892. The van der Waals surface area contributed by atoms with Crippen LogP contribution in [0.15, 0.2) is 42.5 Å². The highest BCUT2D eigenvalue weighted by atomic mass is 16.5. The molecule has 4 heteroatoms. The van der Waals surface area contributed by atoms with Crippen molar-refractivity contribution in [3.63, 3.8) is 0 Å². The van der Waals surface area contributed by atoms with Crippen LogP contribution in [0.1, 0.15) is 72.8 Å². The maximum absolute atomic E-state index is 11.2. The third-order valence-corrected chi connectivity index (χ3v) is 5.85. The molecule has 27 heavy (non-hydrogen) atoms. The van der Waals surface area contributed by atoms with Gasteiger partial charge in [0.1, 0.15) is 0 Å². The number of hydrogen-bond acceptors (Lipinski definition) is 3. The van der Waals surface area contributed by atoms with Crippen molar-refractivity contribution in [2.24, 2.45) is 5.92 Å². The van der Waals surface area contributed by atoms with Crippen molar-refractivity contribution in [1.82, 2.24) is 0 Å². The number of carboxylic acids is 1. The van der Waals surface area contributed by atoms with Crippen molar-refractivity contribution >= 4 is 11.7 Å². The lowest BCUT2D eigenvalue weighted by Crippen LogP contribution is -2.36. The second kappa shape index (κ2) is 6.68. The van der Waals surface area contributed by atoms with Crippen molar-refractivity contribution < 1.29 is 14.6 Å². The number of carbonyl (C=O) groups is 1. The number of ether oxygens (including phenoxy) is 1. The molecule has 1 saturated heterocycles. The molecular formula is C23H27NO3. The van der Waals surface area contributed by atoms with Crippen LogP contribution in [0, 0.1) is 5.92 Å². The third kappa shape index (κ3) is 3.34. The number of anilines is 1. The van der Waals surface area contributed by atoms with Gasteiger partial charge in [-0.15, -0.1) is 0 Å². The van der Waals surface area contributed by atoms with E-state index in [-0.39, 0.29) is 17.6 Å². The number of nitrogens with one attached hydrogen (secondary N) is 1. The van der Waals surface area contributed by atoms with E-state index < -0.39 is 5.97 Å². The first-order chi connectivity index (χ1) is 12.8. The van der Waals surface area contributed by atoms with E-state index in [0.29, 0.717) is 11.5 Å². The first kappa shape index (κ1) is 18.1. The minimum absolute atomic E-state index is 0.0847. The summed E-state index contributed by atoms with van der Waals surface area (Å²) in [7, 11) is 0. The Kier molecular flexibility index (Phi) is 4.47. The first-order valence-corrected chi connectivity index (χ1v) is 9.70. The summed E-state index contributed by atoms with van der Waals surface area (Å²) >= 11 is 0. The molecule has 2 aliphatic rings. The van der Waals surface area contributed by atoms with Crippen molar-refractivity contribution in [2.45, 2.75) is 51.2 Å². The van der Waals surface area contributed by atoms with Crippen LogP contribution in [-0.2, 0) is 10.2 Å². The average Bonchev–Trinajstić information content (AvgIpc) is 2.66. The molecule has 2 aliphatic heterocycles. The summed E-state index contributed by atoms with van der Waals surface area (Å²) in [6.45, 7) is 7.50. The Bertz CT molecular complexity index is 851. The number of hydrogen-bond donors (Lipinski definition) is 2. The molecule has 0 amide bonds. The summed E-state index contributed by atoms with van der Waals surface area (Å²) in [4.78, 5) is 11.2. The Balaban J connectivity index is 1.73. The lowest BCUT2D eigenvalue weighted by molar-refractivity contribution is -0.0382. The summed E-state index contributed by atoms with van der Waals surface area (Å²) in [6.07, 6.45) is 2.24. The Morgan fingerprint density at radius 2 is 1.89 bits per heavy atom. The summed E-state index contributed by atoms with van der Waals surface area (Å²) < 4.78 is 6.26. The van der Waals surface area contributed by atoms with Gasteiger partial charge in [0.15, 0.2) is 0 Å². The molecule has 0 aromatic heterocycles. The Morgan fingerprint density at radius 1 is 1.15 bits per heavy atom. The summed E-state index contributed by atoms with van der Waals surface area (Å²) in [5, 5.41) is 12.9. The van der Waals surface area contributed by atoms with Crippen molar-refractivity contribution in [3.8, 4) is 0 Å². The van der Waals surface area contributed by atoms with Crippen LogP contribution in [-0.4, -0.2) is 17.7 Å². The Labute approximate surface area is 160 Å². The molecule has 3 atom stereocenters. The molecule has 2 aromatic carbocycles. The van der Waals surface area contributed by atoms with E-state index in [2.05, 4.69) is 44.3 Å². The molecule has 0 spiro atoms. The maximum Gasteiger partial charge on any atom is 0.335 e. The second-order valence-electron chi connectivity index (χ2n) is 8.70. The second-order valence-corrected chi connectivity index (χ2v) is 8.70. The van der Waals surface area contributed by atoms with E-state index in [9.17, 15) is 4.79 Å². The van der Waals surface area contributed by atoms with Gasteiger partial charge in [0.25, 0.3) is 0 Å². The number of aromatic carboxylic acids is 1. The molecule has 3 unspecified atom stereocenters. The van der Waals surface area contributed by atoms with E-state index in [1.54, 1.807) is 12.1 Å². The molecule has 2 aromatic rings.